The molecule has 1 heterocycles. The molecule has 0 radical (unpaired) electrons. The molecule has 0 unspecified atom stereocenters. The van der Waals surface area contributed by atoms with Crippen molar-refractivity contribution in [3.8, 4) is 0 Å². The molecule has 0 aliphatic heterocycles. The number of fused-ring (bicyclic) bond motifs is 1. The van der Waals surface area contributed by atoms with Crippen molar-refractivity contribution in [3.63, 3.8) is 0 Å². The van der Waals surface area contributed by atoms with Gasteiger partial charge in [0.25, 0.3) is 0 Å². The number of hydrogen-bond donors (Lipinski definition) is 1. The molecule has 0 fully saturated rings. The Balaban J connectivity index is 2.05. The van der Waals surface area contributed by atoms with E-state index in [0.717, 1.165) is 38.1 Å². The smallest absolute Gasteiger partial charge is 0.109 e. The zero-order valence-electron chi connectivity index (χ0n) is 12.3. The number of unbranched alkanes of at least 4 members (excludes halogenated alkanes) is 3. The van der Waals surface area contributed by atoms with E-state index in [1.165, 1.54) is 30.6 Å². The minimum atomic E-state index is 0.723. The van der Waals surface area contributed by atoms with Gasteiger partial charge >= 0.3 is 0 Å². The van der Waals surface area contributed by atoms with Gasteiger partial charge in [-0.15, -0.1) is 0 Å². The summed E-state index contributed by atoms with van der Waals surface area (Å²) >= 11 is 0. The summed E-state index contributed by atoms with van der Waals surface area (Å²) in [6, 6.07) is 8.33. The normalized spacial score (nSPS) is 11.3. The van der Waals surface area contributed by atoms with E-state index in [1.54, 1.807) is 7.11 Å². The Hall–Kier alpha value is -1.39. The first kappa shape index (κ1) is 15.0. The Morgan fingerprint density at radius 3 is 2.75 bits per heavy atom. The molecule has 0 aliphatic carbocycles. The van der Waals surface area contributed by atoms with Crippen molar-refractivity contribution in [2.45, 2.75) is 38.6 Å². The van der Waals surface area contributed by atoms with Crippen LogP contribution in [0, 0.1) is 0 Å². The second-order valence-corrected chi connectivity index (χ2v) is 5.11. The number of methoxy groups -OCH3 is 1. The molecule has 0 saturated carbocycles. The molecule has 2 N–H and O–H groups in total. The van der Waals surface area contributed by atoms with Gasteiger partial charge < -0.3 is 15.0 Å². The van der Waals surface area contributed by atoms with Crippen molar-refractivity contribution < 1.29 is 4.74 Å². The molecule has 0 bridgehead atoms. The molecular formula is C16H25N3O. The van der Waals surface area contributed by atoms with Crippen LogP contribution in [0.5, 0.6) is 0 Å². The highest BCUT2D eigenvalue weighted by atomic mass is 16.5. The molecule has 1 aromatic heterocycles. The average Bonchev–Trinajstić information content (AvgIpc) is 2.82. The first-order chi connectivity index (χ1) is 9.86. The Bertz CT molecular complexity index is 521. The Morgan fingerprint density at radius 2 is 1.95 bits per heavy atom. The first-order valence-corrected chi connectivity index (χ1v) is 7.50. The minimum Gasteiger partial charge on any atom is -0.383 e. The quantitative estimate of drug-likeness (QED) is 0.716. The van der Waals surface area contributed by atoms with Gasteiger partial charge in [0, 0.05) is 20.1 Å². The zero-order chi connectivity index (χ0) is 14.2. The Kier molecular flexibility index (Phi) is 6.02. The SMILES string of the molecule is COCCn1c(CCCCCCN)nc2ccccc21. The zero-order valence-corrected chi connectivity index (χ0v) is 12.3. The van der Waals surface area contributed by atoms with Gasteiger partial charge in [0.15, 0.2) is 0 Å². The van der Waals surface area contributed by atoms with Gasteiger partial charge in [0.2, 0.25) is 0 Å². The van der Waals surface area contributed by atoms with Crippen LogP contribution in [0.4, 0.5) is 0 Å². The fourth-order valence-corrected chi connectivity index (χ4v) is 2.53. The number of rotatable bonds is 9. The van der Waals surface area contributed by atoms with Crippen LogP contribution in [-0.4, -0.2) is 29.8 Å². The number of aromatic nitrogens is 2. The number of nitrogens with zero attached hydrogens (tertiary/aromatic N) is 2. The fraction of sp³-hybridized carbons (Fsp3) is 0.562. The third kappa shape index (κ3) is 3.81. The van der Waals surface area contributed by atoms with Gasteiger partial charge in [-0.05, 0) is 31.5 Å². The van der Waals surface area contributed by atoms with Gasteiger partial charge in [-0.3, -0.25) is 0 Å². The first-order valence-electron chi connectivity index (χ1n) is 7.50. The van der Waals surface area contributed by atoms with E-state index >= 15 is 0 Å². The number of para-hydroxylation sites is 2. The standard InChI is InChI=1S/C16H25N3O/c1-20-13-12-19-15-9-6-5-8-14(15)18-16(19)10-4-2-3-7-11-17/h5-6,8-9H,2-4,7,10-13,17H2,1H3. The third-order valence-corrected chi connectivity index (χ3v) is 3.61. The highest BCUT2D eigenvalue weighted by Crippen LogP contribution is 2.17. The molecule has 4 nitrogen and oxygen atoms in total. The molecule has 2 aromatic rings. The maximum Gasteiger partial charge on any atom is 0.109 e. The van der Waals surface area contributed by atoms with E-state index in [2.05, 4.69) is 22.8 Å². The molecule has 0 aliphatic rings. The van der Waals surface area contributed by atoms with Crippen LogP contribution >= 0.6 is 0 Å². The number of benzene rings is 1. The van der Waals surface area contributed by atoms with Crippen LogP contribution in [0.25, 0.3) is 11.0 Å². The molecule has 2 rings (SSSR count). The number of aryl methyl sites for hydroxylation is 1. The van der Waals surface area contributed by atoms with Crippen molar-refractivity contribution in [2.24, 2.45) is 5.73 Å². The molecular weight excluding hydrogens is 250 g/mol. The lowest BCUT2D eigenvalue weighted by Gasteiger charge is -2.08. The largest absolute Gasteiger partial charge is 0.383 e. The second-order valence-electron chi connectivity index (χ2n) is 5.11. The number of nitrogens with two attached hydrogens (primary N) is 1. The lowest BCUT2D eigenvalue weighted by molar-refractivity contribution is 0.187. The van der Waals surface area contributed by atoms with Crippen LogP contribution < -0.4 is 5.73 Å². The van der Waals surface area contributed by atoms with E-state index in [1.807, 2.05) is 6.07 Å². The number of hydrogen-bond acceptors (Lipinski definition) is 3. The number of ether oxygens (including phenoxy) is 1. The predicted molar refractivity (Wildman–Crippen MR) is 82.8 cm³/mol. The van der Waals surface area contributed by atoms with Gasteiger partial charge in [-0.2, -0.15) is 0 Å². The predicted octanol–water partition coefficient (Wildman–Crippen LogP) is 2.74. The van der Waals surface area contributed by atoms with Gasteiger partial charge in [-0.1, -0.05) is 25.0 Å². The van der Waals surface area contributed by atoms with Crippen molar-refractivity contribution in [2.75, 3.05) is 20.3 Å². The molecule has 4 heteroatoms. The Morgan fingerprint density at radius 1 is 1.15 bits per heavy atom. The summed E-state index contributed by atoms with van der Waals surface area (Å²) in [7, 11) is 1.74. The van der Waals surface area contributed by atoms with Crippen molar-refractivity contribution in [3.05, 3.63) is 30.1 Å². The summed E-state index contributed by atoms with van der Waals surface area (Å²) in [6.45, 7) is 2.39. The van der Waals surface area contributed by atoms with Crippen molar-refractivity contribution >= 4 is 11.0 Å². The van der Waals surface area contributed by atoms with E-state index in [4.69, 9.17) is 15.5 Å². The highest BCUT2D eigenvalue weighted by Gasteiger charge is 2.09. The second kappa shape index (κ2) is 8.02. The van der Waals surface area contributed by atoms with Crippen LogP contribution in [0.3, 0.4) is 0 Å². The summed E-state index contributed by atoms with van der Waals surface area (Å²) in [4.78, 5) is 4.77. The summed E-state index contributed by atoms with van der Waals surface area (Å²) in [5, 5.41) is 0. The average molecular weight is 275 g/mol. The van der Waals surface area contributed by atoms with Crippen molar-refractivity contribution in [1.29, 1.82) is 0 Å². The third-order valence-electron chi connectivity index (χ3n) is 3.61. The van der Waals surface area contributed by atoms with Crippen LogP contribution in [0.15, 0.2) is 24.3 Å². The minimum absolute atomic E-state index is 0.723. The molecule has 1 aromatic carbocycles. The molecule has 110 valence electrons. The van der Waals surface area contributed by atoms with Crippen LogP contribution in [-0.2, 0) is 17.7 Å². The van der Waals surface area contributed by atoms with E-state index < -0.39 is 0 Å². The van der Waals surface area contributed by atoms with E-state index in [0.29, 0.717) is 0 Å². The fourth-order valence-electron chi connectivity index (χ4n) is 2.53. The summed E-state index contributed by atoms with van der Waals surface area (Å²) < 4.78 is 7.51. The molecule has 0 saturated heterocycles. The summed E-state index contributed by atoms with van der Waals surface area (Å²) in [5.74, 6) is 1.18. The maximum atomic E-state index is 5.52. The van der Waals surface area contributed by atoms with Gasteiger partial charge in [-0.25, -0.2) is 4.98 Å². The van der Waals surface area contributed by atoms with Crippen LogP contribution in [0.1, 0.15) is 31.5 Å². The maximum absolute atomic E-state index is 5.52. The van der Waals surface area contributed by atoms with E-state index in [-0.39, 0.29) is 0 Å². The highest BCUT2D eigenvalue weighted by molar-refractivity contribution is 5.75. The van der Waals surface area contributed by atoms with Crippen LogP contribution in [0.2, 0.25) is 0 Å². The molecule has 20 heavy (non-hydrogen) atoms. The summed E-state index contributed by atoms with van der Waals surface area (Å²) in [5.41, 5.74) is 7.82. The van der Waals surface area contributed by atoms with E-state index in [9.17, 15) is 0 Å². The number of imidazole rings is 1. The Labute approximate surface area is 120 Å². The summed E-state index contributed by atoms with van der Waals surface area (Å²) in [6.07, 6.45) is 5.78. The topological polar surface area (TPSA) is 53.1 Å². The lowest BCUT2D eigenvalue weighted by Crippen LogP contribution is -2.08. The van der Waals surface area contributed by atoms with Crippen molar-refractivity contribution in [1.82, 2.24) is 9.55 Å². The van der Waals surface area contributed by atoms with Gasteiger partial charge in [0.1, 0.15) is 5.82 Å². The molecule has 0 atom stereocenters. The van der Waals surface area contributed by atoms with Gasteiger partial charge in [0.05, 0.1) is 17.6 Å². The lowest BCUT2D eigenvalue weighted by atomic mass is 10.1. The molecule has 0 spiro atoms. The monoisotopic (exact) mass is 275 g/mol. The molecule has 0 amide bonds.